The highest BCUT2D eigenvalue weighted by atomic mass is 79.9. The molecule has 2 aromatic carbocycles. The van der Waals surface area contributed by atoms with Gasteiger partial charge in [-0.2, -0.15) is 5.10 Å². The Morgan fingerprint density at radius 3 is 2.43 bits per heavy atom. The summed E-state index contributed by atoms with van der Waals surface area (Å²) in [7, 11) is 0. The van der Waals surface area contributed by atoms with E-state index in [1.165, 1.54) is 5.56 Å². The third-order valence-electron chi connectivity index (χ3n) is 3.19. The van der Waals surface area contributed by atoms with Crippen molar-refractivity contribution in [2.45, 2.75) is 19.8 Å². The molecular formula is C18H19BrN2O2. The van der Waals surface area contributed by atoms with Crippen molar-refractivity contribution in [2.24, 2.45) is 5.10 Å². The monoisotopic (exact) mass is 374 g/mol. The quantitative estimate of drug-likeness (QED) is 0.611. The number of nitrogens with zero attached hydrogens (tertiary/aromatic N) is 1. The SMILES string of the molecule is CC(C)c1ccc(C=NNC(=O)COc2ccc(Br)cc2)cc1. The number of halogens is 1. The van der Waals surface area contributed by atoms with Crippen molar-refractivity contribution >= 4 is 28.1 Å². The summed E-state index contributed by atoms with van der Waals surface area (Å²) in [4.78, 5) is 11.7. The summed E-state index contributed by atoms with van der Waals surface area (Å²) in [6.07, 6.45) is 1.61. The van der Waals surface area contributed by atoms with Crippen LogP contribution in [0.1, 0.15) is 30.9 Å². The van der Waals surface area contributed by atoms with Crippen LogP contribution >= 0.6 is 15.9 Å². The Bertz CT molecular complexity index is 664. The molecule has 0 aliphatic heterocycles. The first kappa shape index (κ1) is 17.2. The van der Waals surface area contributed by atoms with E-state index in [1.54, 1.807) is 18.3 Å². The van der Waals surface area contributed by atoms with E-state index in [2.05, 4.69) is 52.4 Å². The van der Waals surface area contributed by atoms with E-state index in [1.807, 2.05) is 24.3 Å². The third-order valence-corrected chi connectivity index (χ3v) is 3.72. The maximum absolute atomic E-state index is 11.7. The molecule has 0 heterocycles. The summed E-state index contributed by atoms with van der Waals surface area (Å²) in [5.74, 6) is 0.830. The summed E-state index contributed by atoms with van der Waals surface area (Å²) in [6.45, 7) is 4.22. The highest BCUT2D eigenvalue weighted by molar-refractivity contribution is 9.10. The molecule has 2 aromatic rings. The number of carbonyl (C=O) groups is 1. The van der Waals surface area contributed by atoms with Crippen molar-refractivity contribution < 1.29 is 9.53 Å². The van der Waals surface area contributed by atoms with Gasteiger partial charge in [-0.05, 0) is 41.3 Å². The van der Waals surface area contributed by atoms with Crippen LogP contribution in [0.4, 0.5) is 0 Å². The summed E-state index contributed by atoms with van der Waals surface area (Å²) < 4.78 is 6.32. The van der Waals surface area contributed by atoms with Crippen LogP contribution in [0.3, 0.4) is 0 Å². The van der Waals surface area contributed by atoms with Crippen molar-refractivity contribution in [1.29, 1.82) is 0 Å². The minimum absolute atomic E-state index is 0.0781. The van der Waals surface area contributed by atoms with E-state index in [-0.39, 0.29) is 12.5 Å². The Morgan fingerprint density at radius 1 is 1.17 bits per heavy atom. The average molecular weight is 375 g/mol. The Kier molecular flexibility index (Phi) is 6.35. The predicted molar refractivity (Wildman–Crippen MR) is 95.9 cm³/mol. The molecule has 0 spiro atoms. The first-order chi connectivity index (χ1) is 11.0. The third kappa shape index (κ3) is 5.87. The molecule has 1 N–H and O–H groups in total. The van der Waals surface area contributed by atoms with Crippen LogP contribution in [0.2, 0.25) is 0 Å². The van der Waals surface area contributed by atoms with Gasteiger partial charge in [0.25, 0.3) is 5.91 Å². The molecule has 2 rings (SSSR count). The zero-order valence-corrected chi connectivity index (χ0v) is 14.7. The van der Waals surface area contributed by atoms with Crippen LogP contribution in [0.25, 0.3) is 0 Å². The molecule has 0 radical (unpaired) electrons. The van der Waals surface area contributed by atoms with E-state index < -0.39 is 0 Å². The van der Waals surface area contributed by atoms with Crippen LogP contribution in [0.15, 0.2) is 58.1 Å². The maximum atomic E-state index is 11.7. The minimum Gasteiger partial charge on any atom is -0.484 e. The molecule has 0 saturated heterocycles. The molecule has 0 aliphatic rings. The van der Waals surface area contributed by atoms with Crippen molar-refractivity contribution in [1.82, 2.24) is 5.43 Å². The largest absolute Gasteiger partial charge is 0.484 e. The molecule has 0 aromatic heterocycles. The highest BCUT2D eigenvalue weighted by Gasteiger charge is 2.01. The molecule has 1 amide bonds. The number of nitrogens with one attached hydrogen (secondary N) is 1. The molecule has 5 heteroatoms. The van der Waals surface area contributed by atoms with Crippen molar-refractivity contribution in [3.05, 3.63) is 64.1 Å². The van der Waals surface area contributed by atoms with Gasteiger partial charge in [-0.25, -0.2) is 5.43 Å². The number of rotatable bonds is 6. The van der Waals surface area contributed by atoms with Crippen LogP contribution in [-0.2, 0) is 4.79 Å². The zero-order valence-electron chi connectivity index (χ0n) is 13.1. The van der Waals surface area contributed by atoms with Gasteiger partial charge < -0.3 is 4.74 Å². The van der Waals surface area contributed by atoms with Crippen molar-refractivity contribution in [3.8, 4) is 5.75 Å². The van der Waals surface area contributed by atoms with Crippen LogP contribution < -0.4 is 10.2 Å². The van der Waals surface area contributed by atoms with Gasteiger partial charge in [0.15, 0.2) is 6.61 Å². The second-order valence-corrected chi connectivity index (χ2v) is 6.27. The second-order valence-electron chi connectivity index (χ2n) is 5.36. The van der Waals surface area contributed by atoms with Crippen LogP contribution in [0.5, 0.6) is 5.75 Å². The Balaban J connectivity index is 1.78. The van der Waals surface area contributed by atoms with Crippen molar-refractivity contribution in [3.63, 3.8) is 0 Å². The maximum Gasteiger partial charge on any atom is 0.277 e. The Hall–Kier alpha value is -2.14. The molecule has 23 heavy (non-hydrogen) atoms. The number of carbonyl (C=O) groups excluding carboxylic acids is 1. The Labute approximate surface area is 144 Å². The molecule has 0 aliphatic carbocycles. The fraction of sp³-hybridized carbons (Fsp3) is 0.222. The fourth-order valence-electron chi connectivity index (χ4n) is 1.86. The van der Waals surface area contributed by atoms with E-state index in [0.29, 0.717) is 11.7 Å². The van der Waals surface area contributed by atoms with Gasteiger partial charge in [0, 0.05) is 4.47 Å². The highest BCUT2D eigenvalue weighted by Crippen LogP contribution is 2.16. The van der Waals surface area contributed by atoms with Gasteiger partial charge in [-0.1, -0.05) is 54.0 Å². The van der Waals surface area contributed by atoms with Gasteiger partial charge in [-0.3, -0.25) is 4.79 Å². The van der Waals surface area contributed by atoms with Gasteiger partial charge in [0.05, 0.1) is 6.21 Å². The number of benzene rings is 2. The molecule has 0 saturated carbocycles. The fourth-order valence-corrected chi connectivity index (χ4v) is 2.12. The first-order valence-corrected chi connectivity index (χ1v) is 8.14. The smallest absolute Gasteiger partial charge is 0.277 e. The number of hydrogen-bond donors (Lipinski definition) is 1. The lowest BCUT2D eigenvalue weighted by atomic mass is 10.0. The predicted octanol–water partition coefficient (Wildman–Crippen LogP) is 4.10. The molecule has 0 fully saturated rings. The normalized spacial score (nSPS) is 11.0. The molecule has 4 nitrogen and oxygen atoms in total. The summed E-state index contributed by atoms with van der Waals surface area (Å²) in [5, 5.41) is 3.93. The van der Waals surface area contributed by atoms with Crippen LogP contribution in [0, 0.1) is 0 Å². The van der Waals surface area contributed by atoms with E-state index in [4.69, 9.17) is 4.74 Å². The lowest BCUT2D eigenvalue weighted by molar-refractivity contribution is -0.123. The van der Waals surface area contributed by atoms with Gasteiger partial charge >= 0.3 is 0 Å². The van der Waals surface area contributed by atoms with Gasteiger partial charge in [0.1, 0.15) is 5.75 Å². The standard InChI is InChI=1S/C18H19BrN2O2/c1-13(2)15-5-3-14(4-6-15)11-20-21-18(22)12-23-17-9-7-16(19)8-10-17/h3-11,13H,12H2,1-2H3,(H,21,22). The van der Waals surface area contributed by atoms with E-state index in [9.17, 15) is 4.79 Å². The summed E-state index contributed by atoms with van der Waals surface area (Å²) in [5.41, 5.74) is 4.65. The summed E-state index contributed by atoms with van der Waals surface area (Å²) in [6, 6.07) is 15.4. The number of hydrazone groups is 1. The lowest BCUT2D eigenvalue weighted by Crippen LogP contribution is -2.24. The number of ether oxygens (including phenoxy) is 1. The summed E-state index contributed by atoms with van der Waals surface area (Å²) >= 11 is 3.34. The molecule has 0 atom stereocenters. The molecule has 0 unspecified atom stereocenters. The van der Waals surface area contributed by atoms with E-state index >= 15 is 0 Å². The van der Waals surface area contributed by atoms with Crippen molar-refractivity contribution in [2.75, 3.05) is 6.61 Å². The van der Waals surface area contributed by atoms with Gasteiger partial charge in [-0.15, -0.1) is 0 Å². The second kappa shape index (κ2) is 8.48. The van der Waals surface area contributed by atoms with E-state index in [0.717, 1.165) is 10.0 Å². The first-order valence-electron chi connectivity index (χ1n) is 7.35. The average Bonchev–Trinajstić information content (AvgIpc) is 2.55. The number of hydrogen-bond acceptors (Lipinski definition) is 3. The molecule has 0 bridgehead atoms. The molecular weight excluding hydrogens is 356 g/mol. The lowest BCUT2D eigenvalue weighted by Gasteiger charge is -2.05. The minimum atomic E-state index is -0.303. The zero-order chi connectivity index (χ0) is 16.7. The molecule has 120 valence electrons. The Morgan fingerprint density at radius 2 is 1.83 bits per heavy atom. The van der Waals surface area contributed by atoms with Gasteiger partial charge in [0.2, 0.25) is 0 Å². The topological polar surface area (TPSA) is 50.7 Å². The van der Waals surface area contributed by atoms with Crippen LogP contribution in [-0.4, -0.2) is 18.7 Å². The number of amides is 1.